The molecule has 3 amide bonds. The quantitative estimate of drug-likeness (QED) is 0.331. The second-order valence-corrected chi connectivity index (χ2v) is 8.21. The van der Waals surface area contributed by atoms with Crippen LogP contribution < -0.4 is 10.6 Å². The van der Waals surface area contributed by atoms with Gasteiger partial charge in [0.05, 0.1) is 19.0 Å². The minimum atomic E-state index is -1.04. The Bertz CT molecular complexity index is 987. The molecule has 0 radical (unpaired) electrons. The molecule has 13 heteroatoms. The Morgan fingerprint density at radius 3 is 2.70 bits per heavy atom. The molecule has 33 heavy (non-hydrogen) atoms. The van der Waals surface area contributed by atoms with Gasteiger partial charge in [0.1, 0.15) is 11.7 Å². The molecule has 1 aliphatic heterocycles. The summed E-state index contributed by atoms with van der Waals surface area (Å²) in [5, 5.41) is 27.6. The number of aliphatic carboxylic acids is 1. The number of hydrogen-bond donors (Lipinski definition) is 5. The average Bonchev–Trinajstić information content (AvgIpc) is 3.54. The molecule has 5 N–H and O–H groups in total. The zero-order chi connectivity index (χ0) is 24.0. The zero-order valence-electron chi connectivity index (χ0n) is 18.5. The van der Waals surface area contributed by atoms with Crippen molar-refractivity contribution in [1.82, 2.24) is 41.1 Å². The van der Waals surface area contributed by atoms with Crippen molar-refractivity contribution in [2.24, 2.45) is 5.92 Å². The molecule has 0 unspecified atom stereocenters. The van der Waals surface area contributed by atoms with E-state index in [1.165, 1.54) is 4.90 Å². The fraction of sp³-hybridized carbons (Fsp3) is 0.550. The molecule has 1 fully saturated rings. The number of likely N-dealkylation sites (tertiary alicyclic amines) is 1. The number of carbonyl (C=O) groups is 4. The Kier molecular flexibility index (Phi) is 7.74. The first-order valence-electron chi connectivity index (χ1n) is 10.8. The Morgan fingerprint density at radius 2 is 2.03 bits per heavy atom. The highest BCUT2D eigenvalue weighted by molar-refractivity contribution is 5.96. The first-order valence-corrected chi connectivity index (χ1v) is 10.8. The van der Waals surface area contributed by atoms with Crippen molar-refractivity contribution >= 4 is 23.7 Å². The molecule has 3 rings (SSSR count). The highest BCUT2D eigenvalue weighted by atomic mass is 16.4. The van der Waals surface area contributed by atoms with Gasteiger partial charge in [-0.1, -0.05) is 19.1 Å². The third-order valence-corrected chi connectivity index (χ3v) is 5.45. The van der Waals surface area contributed by atoms with Gasteiger partial charge in [0.25, 0.3) is 5.91 Å². The fourth-order valence-corrected chi connectivity index (χ4v) is 3.77. The van der Waals surface area contributed by atoms with Crippen molar-refractivity contribution in [3.63, 3.8) is 0 Å². The minimum Gasteiger partial charge on any atom is -0.481 e. The summed E-state index contributed by atoms with van der Waals surface area (Å²) in [5.74, 6) is -1.67. The lowest BCUT2D eigenvalue weighted by molar-refractivity contribution is -0.139. The maximum absolute atomic E-state index is 13.1. The van der Waals surface area contributed by atoms with E-state index < -0.39 is 18.1 Å². The highest BCUT2D eigenvalue weighted by Gasteiger charge is 2.35. The molecule has 13 nitrogen and oxygen atoms in total. The molecule has 0 aromatic carbocycles. The van der Waals surface area contributed by atoms with E-state index in [0.717, 1.165) is 0 Å². The van der Waals surface area contributed by atoms with Crippen molar-refractivity contribution in [1.29, 1.82) is 0 Å². The monoisotopic (exact) mass is 460 g/mol. The summed E-state index contributed by atoms with van der Waals surface area (Å²) in [6, 6.07) is 2.33. The number of carboxylic acids is 1. The lowest BCUT2D eigenvalue weighted by atomic mass is 10.0. The van der Waals surface area contributed by atoms with E-state index in [1.54, 1.807) is 12.1 Å². The van der Waals surface area contributed by atoms with Crippen molar-refractivity contribution in [2.45, 2.75) is 58.2 Å². The predicted octanol–water partition coefficient (Wildman–Crippen LogP) is 0.127. The SMILES string of the molecule is CC(C)[C@H](NC(=O)CCC(=O)O)c1ccc(C(=O)N2CCC[C@H]2C(=O)NCc2nn[nH]n2)[nH]1. The number of hydrogen-bond acceptors (Lipinski definition) is 7. The molecule has 2 aromatic rings. The van der Waals surface area contributed by atoms with E-state index in [4.69, 9.17) is 5.11 Å². The number of nitrogens with one attached hydrogen (secondary N) is 4. The second kappa shape index (κ2) is 10.7. The molecule has 2 aromatic heterocycles. The largest absolute Gasteiger partial charge is 0.481 e. The predicted molar refractivity (Wildman–Crippen MR) is 113 cm³/mol. The lowest BCUT2D eigenvalue weighted by Crippen LogP contribution is -2.46. The Morgan fingerprint density at radius 1 is 1.24 bits per heavy atom. The number of H-pyrrole nitrogens is 2. The van der Waals surface area contributed by atoms with Crippen LogP contribution in [0.3, 0.4) is 0 Å². The number of tetrazole rings is 1. The van der Waals surface area contributed by atoms with Crippen molar-refractivity contribution in [3.8, 4) is 0 Å². The molecule has 0 aliphatic carbocycles. The summed E-state index contributed by atoms with van der Waals surface area (Å²) in [4.78, 5) is 53.2. The molecule has 1 saturated heterocycles. The molecular weight excluding hydrogens is 432 g/mol. The summed E-state index contributed by atoms with van der Waals surface area (Å²) in [7, 11) is 0. The maximum Gasteiger partial charge on any atom is 0.303 e. The number of rotatable bonds is 10. The summed E-state index contributed by atoms with van der Waals surface area (Å²) < 4.78 is 0. The lowest BCUT2D eigenvalue weighted by Gasteiger charge is -2.24. The van der Waals surface area contributed by atoms with Crippen LogP contribution in [0.5, 0.6) is 0 Å². The third kappa shape index (κ3) is 6.14. The standard InChI is InChI=1S/C20H28N8O5/c1-11(2)18(23-16(29)7-8-17(30)31)12-5-6-13(22-12)20(33)28-9-3-4-14(28)19(32)21-10-15-24-26-27-25-15/h5-6,11,14,18,22H,3-4,7-10H2,1-2H3,(H,21,32)(H,23,29)(H,30,31)(H,24,25,26,27)/t14-,18-/m0/s1. The van der Waals surface area contributed by atoms with E-state index >= 15 is 0 Å². The summed E-state index contributed by atoms with van der Waals surface area (Å²) in [5.41, 5.74) is 0.947. The Hall–Kier alpha value is -3.77. The molecule has 0 saturated carbocycles. The highest BCUT2D eigenvalue weighted by Crippen LogP contribution is 2.24. The van der Waals surface area contributed by atoms with Gasteiger partial charge < -0.3 is 25.6 Å². The molecule has 178 valence electrons. The van der Waals surface area contributed by atoms with Crippen LogP contribution in [0.15, 0.2) is 12.1 Å². The van der Waals surface area contributed by atoms with Crippen molar-refractivity contribution < 1.29 is 24.3 Å². The van der Waals surface area contributed by atoms with Gasteiger partial charge in [-0.15, -0.1) is 10.2 Å². The van der Waals surface area contributed by atoms with E-state index in [2.05, 4.69) is 36.2 Å². The Balaban J connectivity index is 1.64. The fourth-order valence-electron chi connectivity index (χ4n) is 3.77. The Labute approximate surface area is 189 Å². The van der Waals surface area contributed by atoms with Gasteiger partial charge in [-0.2, -0.15) is 5.21 Å². The van der Waals surface area contributed by atoms with Crippen LogP contribution in [-0.2, 0) is 20.9 Å². The number of carbonyl (C=O) groups excluding carboxylic acids is 3. The van der Waals surface area contributed by atoms with E-state index in [1.807, 2.05) is 13.8 Å². The van der Waals surface area contributed by atoms with Gasteiger partial charge in [0.2, 0.25) is 11.8 Å². The molecule has 0 spiro atoms. The summed E-state index contributed by atoms with van der Waals surface area (Å²) in [6.45, 7) is 4.38. The number of aromatic amines is 2. The first kappa shape index (κ1) is 23.9. The maximum atomic E-state index is 13.1. The first-order chi connectivity index (χ1) is 15.8. The molecule has 3 heterocycles. The normalized spacial score (nSPS) is 16.6. The molecule has 1 aliphatic rings. The van der Waals surface area contributed by atoms with Crippen LogP contribution in [0.2, 0.25) is 0 Å². The number of nitrogens with zero attached hydrogens (tertiary/aromatic N) is 4. The summed E-state index contributed by atoms with van der Waals surface area (Å²) in [6.07, 6.45) is 0.870. The zero-order valence-corrected chi connectivity index (χ0v) is 18.5. The van der Waals surface area contributed by atoms with Gasteiger partial charge in [0, 0.05) is 18.7 Å². The van der Waals surface area contributed by atoms with Gasteiger partial charge >= 0.3 is 5.97 Å². The number of amides is 3. The van der Waals surface area contributed by atoms with Gasteiger partial charge in [-0.05, 0) is 30.9 Å². The third-order valence-electron chi connectivity index (χ3n) is 5.45. The van der Waals surface area contributed by atoms with E-state index in [0.29, 0.717) is 36.6 Å². The van der Waals surface area contributed by atoms with Gasteiger partial charge in [-0.25, -0.2) is 0 Å². The number of aromatic nitrogens is 5. The van der Waals surface area contributed by atoms with E-state index in [-0.39, 0.29) is 43.0 Å². The van der Waals surface area contributed by atoms with Crippen LogP contribution in [0.4, 0.5) is 0 Å². The minimum absolute atomic E-state index is 0.00386. The topological polar surface area (TPSA) is 186 Å². The second-order valence-electron chi connectivity index (χ2n) is 8.21. The van der Waals surface area contributed by atoms with Crippen molar-refractivity contribution in [3.05, 3.63) is 29.3 Å². The molecule has 2 atom stereocenters. The van der Waals surface area contributed by atoms with Gasteiger partial charge in [-0.3, -0.25) is 19.2 Å². The van der Waals surface area contributed by atoms with Crippen LogP contribution >= 0.6 is 0 Å². The van der Waals surface area contributed by atoms with Crippen LogP contribution in [0.1, 0.15) is 67.6 Å². The van der Waals surface area contributed by atoms with Gasteiger partial charge in [0.15, 0.2) is 5.82 Å². The smallest absolute Gasteiger partial charge is 0.303 e. The summed E-state index contributed by atoms with van der Waals surface area (Å²) >= 11 is 0. The van der Waals surface area contributed by atoms with Crippen LogP contribution in [0.25, 0.3) is 0 Å². The molecule has 0 bridgehead atoms. The number of carboxylic acid groups (broad SMARTS) is 1. The van der Waals surface area contributed by atoms with Crippen LogP contribution in [0, 0.1) is 5.92 Å². The average molecular weight is 460 g/mol. The molecular formula is C20H28N8O5. The van der Waals surface area contributed by atoms with Crippen molar-refractivity contribution in [2.75, 3.05) is 6.54 Å². The van der Waals surface area contributed by atoms with Crippen LogP contribution in [-0.4, -0.2) is 71.9 Å². The van der Waals surface area contributed by atoms with E-state index in [9.17, 15) is 19.2 Å².